The maximum atomic E-state index is 6.19. The van der Waals surface area contributed by atoms with Gasteiger partial charge in [0.15, 0.2) is 0 Å². The van der Waals surface area contributed by atoms with Crippen LogP contribution >= 0.6 is 0 Å². The van der Waals surface area contributed by atoms with E-state index in [2.05, 4.69) is 44.8 Å². The fraction of sp³-hybridized carbons (Fsp3) is 0.562. The molecule has 18 heavy (non-hydrogen) atoms. The first-order valence-electron chi connectivity index (χ1n) is 6.67. The van der Waals surface area contributed by atoms with E-state index < -0.39 is 0 Å². The van der Waals surface area contributed by atoms with E-state index >= 15 is 0 Å². The minimum absolute atomic E-state index is 0.0921. The molecule has 2 nitrogen and oxygen atoms in total. The third-order valence-electron chi connectivity index (χ3n) is 3.16. The number of ether oxygens (including phenoxy) is 1. The topological polar surface area (TPSA) is 21.6 Å². The minimum Gasteiger partial charge on any atom is -0.471 e. The van der Waals surface area contributed by atoms with Gasteiger partial charge in [0.25, 0.3) is 0 Å². The molecule has 98 valence electrons. The highest BCUT2D eigenvalue weighted by molar-refractivity contribution is 5.94. The standard InChI is InChI=1S/C16H23NO/c1-15(2,3)12-16(4)10-11-17-14(18-16)13-8-6-5-7-9-13/h5-9H,10-12H2,1-4H3. The van der Waals surface area contributed by atoms with Gasteiger partial charge in [0.1, 0.15) is 5.60 Å². The third-order valence-corrected chi connectivity index (χ3v) is 3.16. The molecule has 0 bridgehead atoms. The summed E-state index contributed by atoms with van der Waals surface area (Å²) in [5.41, 5.74) is 1.26. The van der Waals surface area contributed by atoms with Crippen LogP contribution in [0.1, 0.15) is 46.1 Å². The summed E-state index contributed by atoms with van der Waals surface area (Å²) in [6, 6.07) is 10.2. The summed E-state index contributed by atoms with van der Waals surface area (Å²) in [5, 5.41) is 0. The molecular weight excluding hydrogens is 222 g/mol. The van der Waals surface area contributed by atoms with Crippen LogP contribution in [0, 0.1) is 5.41 Å². The van der Waals surface area contributed by atoms with Crippen LogP contribution in [-0.2, 0) is 4.74 Å². The molecule has 0 fully saturated rings. The number of aliphatic imine (C=N–C) groups is 1. The summed E-state index contributed by atoms with van der Waals surface area (Å²) in [6.07, 6.45) is 2.05. The van der Waals surface area contributed by atoms with Crippen molar-refractivity contribution < 1.29 is 4.74 Å². The Kier molecular flexibility index (Phi) is 3.47. The number of nitrogens with zero attached hydrogens (tertiary/aromatic N) is 1. The van der Waals surface area contributed by atoms with E-state index in [4.69, 9.17) is 4.74 Å². The Balaban J connectivity index is 2.15. The molecule has 2 heteroatoms. The van der Waals surface area contributed by atoms with Gasteiger partial charge in [-0.25, -0.2) is 0 Å². The minimum atomic E-state index is -0.0921. The SMILES string of the molecule is CC(C)(C)CC1(C)CCN=C(c2ccccc2)O1. The molecular formula is C16H23NO. The average molecular weight is 245 g/mol. The second kappa shape index (κ2) is 4.75. The Bertz CT molecular complexity index is 430. The largest absolute Gasteiger partial charge is 0.471 e. The predicted octanol–water partition coefficient (Wildman–Crippen LogP) is 4.05. The van der Waals surface area contributed by atoms with E-state index in [1.54, 1.807) is 0 Å². The van der Waals surface area contributed by atoms with Crippen molar-refractivity contribution in [3.63, 3.8) is 0 Å². The summed E-state index contributed by atoms with van der Waals surface area (Å²) < 4.78 is 6.19. The van der Waals surface area contributed by atoms with Gasteiger partial charge in [0.05, 0.1) is 0 Å². The van der Waals surface area contributed by atoms with Crippen molar-refractivity contribution in [2.75, 3.05) is 6.54 Å². The van der Waals surface area contributed by atoms with Crippen LogP contribution in [0.2, 0.25) is 0 Å². The molecule has 1 aliphatic rings. The molecule has 2 rings (SSSR count). The Morgan fingerprint density at radius 2 is 1.89 bits per heavy atom. The first-order chi connectivity index (χ1) is 8.38. The van der Waals surface area contributed by atoms with E-state index in [0.717, 1.165) is 30.8 Å². The molecule has 1 aromatic carbocycles. The molecule has 0 aromatic heterocycles. The van der Waals surface area contributed by atoms with Gasteiger partial charge in [0, 0.05) is 18.5 Å². The molecule has 0 aliphatic carbocycles. The lowest BCUT2D eigenvalue weighted by atomic mass is 9.80. The van der Waals surface area contributed by atoms with Crippen molar-refractivity contribution in [2.24, 2.45) is 10.4 Å². The first-order valence-corrected chi connectivity index (χ1v) is 6.67. The van der Waals surface area contributed by atoms with E-state index in [0.29, 0.717) is 0 Å². The predicted molar refractivity (Wildman–Crippen MR) is 76.0 cm³/mol. The van der Waals surface area contributed by atoms with E-state index in [1.807, 2.05) is 18.2 Å². The Morgan fingerprint density at radius 1 is 1.22 bits per heavy atom. The third kappa shape index (κ3) is 3.34. The van der Waals surface area contributed by atoms with Gasteiger partial charge in [-0.1, -0.05) is 39.0 Å². The van der Waals surface area contributed by atoms with Crippen LogP contribution in [-0.4, -0.2) is 18.0 Å². The summed E-state index contributed by atoms with van der Waals surface area (Å²) in [7, 11) is 0. The molecule has 1 unspecified atom stereocenters. The van der Waals surface area contributed by atoms with Gasteiger partial charge in [-0.3, -0.25) is 4.99 Å². The van der Waals surface area contributed by atoms with Gasteiger partial charge in [0.2, 0.25) is 5.90 Å². The summed E-state index contributed by atoms with van der Waals surface area (Å²) >= 11 is 0. The van der Waals surface area contributed by atoms with Crippen molar-refractivity contribution in [2.45, 2.75) is 46.1 Å². The second-order valence-electron chi connectivity index (χ2n) is 6.59. The van der Waals surface area contributed by atoms with Gasteiger partial charge >= 0.3 is 0 Å². The monoisotopic (exact) mass is 245 g/mol. The zero-order valence-corrected chi connectivity index (χ0v) is 11.9. The van der Waals surface area contributed by atoms with Gasteiger partial charge in [-0.05, 0) is 30.9 Å². The fourth-order valence-electron chi connectivity index (χ4n) is 2.69. The fourth-order valence-corrected chi connectivity index (χ4v) is 2.69. The maximum Gasteiger partial charge on any atom is 0.216 e. The van der Waals surface area contributed by atoms with Crippen LogP contribution in [0.5, 0.6) is 0 Å². The van der Waals surface area contributed by atoms with Gasteiger partial charge < -0.3 is 4.74 Å². The lowest BCUT2D eigenvalue weighted by Gasteiger charge is -2.38. The van der Waals surface area contributed by atoms with Crippen molar-refractivity contribution >= 4 is 5.90 Å². The Hall–Kier alpha value is -1.31. The Labute approximate surface area is 110 Å². The van der Waals surface area contributed by atoms with Crippen molar-refractivity contribution in [3.05, 3.63) is 35.9 Å². The molecule has 1 heterocycles. The van der Waals surface area contributed by atoms with Gasteiger partial charge in [-0.2, -0.15) is 0 Å². The quantitative estimate of drug-likeness (QED) is 0.770. The summed E-state index contributed by atoms with van der Waals surface area (Å²) in [5.74, 6) is 0.800. The highest BCUT2D eigenvalue weighted by Crippen LogP contribution is 2.34. The number of benzene rings is 1. The van der Waals surface area contributed by atoms with Gasteiger partial charge in [-0.15, -0.1) is 0 Å². The molecule has 0 saturated heterocycles. The summed E-state index contributed by atoms with van der Waals surface area (Å²) in [6.45, 7) is 9.84. The van der Waals surface area contributed by atoms with Crippen molar-refractivity contribution in [1.29, 1.82) is 0 Å². The zero-order valence-electron chi connectivity index (χ0n) is 11.9. The number of rotatable bonds is 2. The van der Waals surface area contributed by atoms with Crippen molar-refractivity contribution in [1.82, 2.24) is 0 Å². The zero-order chi connectivity index (χ0) is 13.2. The lowest BCUT2D eigenvalue weighted by Crippen LogP contribution is -2.39. The molecule has 0 saturated carbocycles. The van der Waals surface area contributed by atoms with Crippen molar-refractivity contribution in [3.8, 4) is 0 Å². The van der Waals surface area contributed by atoms with E-state index in [-0.39, 0.29) is 11.0 Å². The van der Waals surface area contributed by atoms with Crippen LogP contribution in [0.15, 0.2) is 35.3 Å². The van der Waals surface area contributed by atoms with E-state index in [9.17, 15) is 0 Å². The van der Waals surface area contributed by atoms with Crippen LogP contribution in [0.25, 0.3) is 0 Å². The molecule has 0 spiro atoms. The second-order valence-corrected chi connectivity index (χ2v) is 6.59. The van der Waals surface area contributed by atoms with Crippen LogP contribution in [0.4, 0.5) is 0 Å². The van der Waals surface area contributed by atoms with E-state index in [1.165, 1.54) is 0 Å². The molecule has 1 aromatic rings. The Morgan fingerprint density at radius 3 is 2.50 bits per heavy atom. The average Bonchev–Trinajstić information content (AvgIpc) is 2.27. The number of hydrogen-bond donors (Lipinski definition) is 0. The molecule has 1 atom stereocenters. The summed E-state index contributed by atoms with van der Waals surface area (Å²) in [4.78, 5) is 4.52. The van der Waals surface area contributed by atoms with Crippen LogP contribution in [0.3, 0.4) is 0 Å². The highest BCUT2D eigenvalue weighted by atomic mass is 16.5. The molecule has 0 amide bonds. The normalized spacial score (nSPS) is 24.3. The number of hydrogen-bond acceptors (Lipinski definition) is 2. The highest BCUT2D eigenvalue weighted by Gasteiger charge is 2.35. The maximum absolute atomic E-state index is 6.19. The smallest absolute Gasteiger partial charge is 0.216 e. The molecule has 0 radical (unpaired) electrons. The lowest BCUT2D eigenvalue weighted by molar-refractivity contribution is 0.0186. The molecule has 0 N–H and O–H groups in total. The van der Waals surface area contributed by atoms with Crippen LogP contribution < -0.4 is 0 Å². The molecule has 1 aliphatic heterocycles. The first kappa shape index (κ1) is 13.1.